The highest BCUT2D eigenvalue weighted by Gasteiger charge is 2.26. The van der Waals surface area contributed by atoms with Crippen molar-refractivity contribution in [1.82, 2.24) is 0 Å². The Morgan fingerprint density at radius 2 is 0.960 bits per heavy atom. The van der Waals surface area contributed by atoms with E-state index in [1.165, 1.54) is 38.5 Å². The van der Waals surface area contributed by atoms with Gasteiger partial charge in [-0.25, -0.2) is 0 Å². The minimum absolute atomic E-state index is 0.392. The van der Waals surface area contributed by atoms with Gasteiger partial charge in [-0.1, -0.05) is 64.2 Å². The van der Waals surface area contributed by atoms with Crippen molar-refractivity contribution in [2.45, 2.75) is 76.4 Å². The van der Waals surface area contributed by atoms with Crippen molar-refractivity contribution >= 4 is 0 Å². The molecule has 0 amide bonds. The molecule has 2 saturated carbocycles. The smallest absolute Gasteiger partial charge is 0.104 e. The van der Waals surface area contributed by atoms with E-state index in [1.54, 1.807) is 25.7 Å². The first kappa shape index (κ1) is 22.8. The quantitative estimate of drug-likeness (QED) is 0.737. The van der Waals surface area contributed by atoms with Crippen LogP contribution in [0.25, 0.3) is 0 Å². The van der Waals surface area contributed by atoms with Gasteiger partial charge in [0.2, 0.25) is 0 Å². The molecule has 4 rings (SSSR count). The second kappa shape index (κ2) is 14.9. The summed E-state index contributed by atoms with van der Waals surface area (Å²) < 4.78 is 15.1. The van der Waals surface area contributed by atoms with E-state index in [0.717, 1.165) is 52.5 Å². The molecule has 25 heavy (non-hydrogen) atoms. The molecule has 5 heteroatoms. The first-order valence-corrected chi connectivity index (χ1v) is 10.1. The van der Waals surface area contributed by atoms with Crippen LogP contribution in [0.3, 0.4) is 0 Å². The third-order valence-corrected chi connectivity index (χ3v) is 5.38. The summed E-state index contributed by atoms with van der Waals surface area (Å²) in [6.45, 7) is 3.26. The molecule has 2 aliphatic carbocycles. The summed E-state index contributed by atoms with van der Waals surface area (Å²) >= 11 is 0. The molecule has 4 aliphatic rings. The van der Waals surface area contributed by atoms with Crippen molar-refractivity contribution in [2.75, 3.05) is 40.6 Å². The number of aliphatic hydroxyl groups excluding tert-OH is 2. The van der Waals surface area contributed by atoms with Gasteiger partial charge < -0.3 is 24.4 Å². The van der Waals surface area contributed by atoms with Crippen LogP contribution in [0.1, 0.15) is 64.2 Å². The SMILES string of the molecule is C(OCC1CO1)C1CO1.C1CCC(C2CCCCC2)CC1.CO.CO. The van der Waals surface area contributed by atoms with Crippen LogP contribution >= 0.6 is 0 Å². The van der Waals surface area contributed by atoms with Gasteiger partial charge in [0, 0.05) is 14.2 Å². The maximum Gasteiger partial charge on any atom is 0.104 e. The molecule has 2 saturated heterocycles. The number of rotatable bonds is 5. The van der Waals surface area contributed by atoms with E-state index < -0.39 is 0 Å². The predicted octanol–water partition coefficient (Wildman–Crippen LogP) is 3.16. The average Bonchev–Trinajstić information content (AvgIpc) is 3.63. The van der Waals surface area contributed by atoms with Gasteiger partial charge in [0.25, 0.3) is 0 Å². The molecule has 0 radical (unpaired) electrons. The van der Waals surface area contributed by atoms with Gasteiger partial charge in [0.1, 0.15) is 12.2 Å². The molecular formula is C20H40O5. The zero-order valence-corrected chi connectivity index (χ0v) is 16.3. The molecule has 0 bridgehead atoms. The summed E-state index contributed by atoms with van der Waals surface area (Å²) in [5, 5.41) is 14.0. The number of epoxide rings is 2. The summed E-state index contributed by atoms with van der Waals surface area (Å²) in [6.07, 6.45) is 16.2. The molecule has 0 aromatic carbocycles. The molecule has 0 aromatic heterocycles. The predicted molar refractivity (Wildman–Crippen MR) is 99.7 cm³/mol. The lowest BCUT2D eigenvalue weighted by Gasteiger charge is -2.32. The van der Waals surface area contributed by atoms with E-state index in [4.69, 9.17) is 24.4 Å². The van der Waals surface area contributed by atoms with Gasteiger partial charge in [-0.15, -0.1) is 0 Å². The Labute approximate surface area is 154 Å². The maximum atomic E-state index is 7.00. The van der Waals surface area contributed by atoms with E-state index in [2.05, 4.69) is 0 Å². The Morgan fingerprint density at radius 1 is 0.640 bits per heavy atom. The minimum atomic E-state index is 0.392. The first-order chi connectivity index (χ1) is 12.4. The Hall–Kier alpha value is -0.200. The van der Waals surface area contributed by atoms with Gasteiger partial charge in [-0.3, -0.25) is 0 Å². The average molecular weight is 361 g/mol. The van der Waals surface area contributed by atoms with Crippen molar-refractivity contribution < 1.29 is 24.4 Å². The fraction of sp³-hybridized carbons (Fsp3) is 1.00. The highest BCUT2D eigenvalue weighted by Crippen LogP contribution is 2.37. The van der Waals surface area contributed by atoms with Crippen LogP contribution in [0.15, 0.2) is 0 Å². The van der Waals surface area contributed by atoms with Gasteiger partial charge in [0.15, 0.2) is 0 Å². The summed E-state index contributed by atoms with van der Waals surface area (Å²) in [5.41, 5.74) is 0. The zero-order chi connectivity index (χ0) is 18.3. The Kier molecular flexibility index (Phi) is 13.6. The highest BCUT2D eigenvalue weighted by molar-refractivity contribution is 4.76. The standard InChI is InChI=1S/C12H22.C6H10O3.2CH4O/c1-3-7-11(8-4-1)12-9-5-2-6-10-12;1(5-3-8-5)7-2-6-4-9-6;2*1-2/h11-12H,1-10H2;5-6H,1-4H2;2*2H,1H3. The fourth-order valence-corrected chi connectivity index (χ4v) is 3.87. The van der Waals surface area contributed by atoms with Crippen molar-refractivity contribution in [3.63, 3.8) is 0 Å². The third kappa shape index (κ3) is 11.2. The fourth-order valence-electron chi connectivity index (χ4n) is 3.87. The molecule has 2 atom stereocenters. The van der Waals surface area contributed by atoms with Crippen LogP contribution in [0.4, 0.5) is 0 Å². The number of hydrogen-bond donors (Lipinski definition) is 2. The molecule has 150 valence electrons. The lowest BCUT2D eigenvalue weighted by molar-refractivity contribution is 0.102. The number of ether oxygens (including phenoxy) is 3. The lowest BCUT2D eigenvalue weighted by atomic mass is 9.73. The van der Waals surface area contributed by atoms with Crippen molar-refractivity contribution in [3.8, 4) is 0 Å². The monoisotopic (exact) mass is 360 g/mol. The van der Waals surface area contributed by atoms with E-state index in [1.807, 2.05) is 0 Å². The maximum absolute atomic E-state index is 7.00. The minimum Gasteiger partial charge on any atom is -0.400 e. The van der Waals surface area contributed by atoms with Crippen LogP contribution < -0.4 is 0 Å². The molecule has 5 nitrogen and oxygen atoms in total. The first-order valence-electron chi connectivity index (χ1n) is 10.1. The van der Waals surface area contributed by atoms with Gasteiger partial charge in [0.05, 0.1) is 26.4 Å². The largest absolute Gasteiger partial charge is 0.400 e. The van der Waals surface area contributed by atoms with E-state index in [9.17, 15) is 0 Å². The molecule has 2 unspecified atom stereocenters. The normalized spacial score (nSPS) is 28.3. The Balaban J connectivity index is 0.000000214. The summed E-state index contributed by atoms with van der Waals surface area (Å²) in [7, 11) is 2.00. The van der Waals surface area contributed by atoms with Crippen LogP contribution in [0.2, 0.25) is 0 Å². The summed E-state index contributed by atoms with van der Waals surface area (Å²) in [6, 6.07) is 0. The van der Waals surface area contributed by atoms with Crippen LogP contribution in [0.5, 0.6) is 0 Å². The van der Waals surface area contributed by atoms with E-state index in [0.29, 0.717) is 12.2 Å². The van der Waals surface area contributed by atoms with E-state index in [-0.39, 0.29) is 0 Å². The van der Waals surface area contributed by atoms with Crippen LogP contribution in [0, 0.1) is 11.8 Å². The third-order valence-electron chi connectivity index (χ3n) is 5.38. The molecule has 2 N–H and O–H groups in total. The van der Waals surface area contributed by atoms with Crippen LogP contribution in [-0.4, -0.2) is 63.1 Å². The zero-order valence-electron chi connectivity index (χ0n) is 16.3. The molecule has 4 fully saturated rings. The lowest BCUT2D eigenvalue weighted by Crippen LogP contribution is -2.20. The van der Waals surface area contributed by atoms with Gasteiger partial charge in [-0.2, -0.15) is 0 Å². The van der Waals surface area contributed by atoms with Crippen molar-refractivity contribution in [1.29, 1.82) is 0 Å². The molecule has 0 spiro atoms. The number of hydrogen-bond acceptors (Lipinski definition) is 5. The Morgan fingerprint density at radius 3 is 1.24 bits per heavy atom. The van der Waals surface area contributed by atoms with E-state index >= 15 is 0 Å². The van der Waals surface area contributed by atoms with Crippen LogP contribution in [-0.2, 0) is 14.2 Å². The molecule has 0 aromatic rings. The summed E-state index contributed by atoms with van der Waals surface area (Å²) in [4.78, 5) is 0. The summed E-state index contributed by atoms with van der Waals surface area (Å²) in [5.74, 6) is 2.28. The topological polar surface area (TPSA) is 74.8 Å². The molecule has 2 aliphatic heterocycles. The van der Waals surface area contributed by atoms with Gasteiger partial charge in [-0.05, 0) is 11.8 Å². The van der Waals surface area contributed by atoms with Crippen molar-refractivity contribution in [2.24, 2.45) is 11.8 Å². The highest BCUT2D eigenvalue weighted by atomic mass is 16.6. The number of aliphatic hydroxyl groups is 2. The second-order valence-electron chi connectivity index (χ2n) is 7.24. The Bertz CT molecular complexity index is 252. The van der Waals surface area contributed by atoms with Gasteiger partial charge >= 0.3 is 0 Å². The molecule has 2 heterocycles. The second-order valence-corrected chi connectivity index (χ2v) is 7.24. The molecular weight excluding hydrogens is 320 g/mol. The van der Waals surface area contributed by atoms with Crippen molar-refractivity contribution in [3.05, 3.63) is 0 Å².